The molecule has 124 valence electrons. The molecule has 1 aliphatic rings. The van der Waals surface area contributed by atoms with Crippen molar-refractivity contribution in [3.05, 3.63) is 50.9 Å². The lowest BCUT2D eigenvalue weighted by molar-refractivity contribution is 0.190. The van der Waals surface area contributed by atoms with Gasteiger partial charge in [0, 0.05) is 23.5 Å². The zero-order valence-corrected chi connectivity index (χ0v) is 15.0. The van der Waals surface area contributed by atoms with E-state index in [1.807, 2.05) is 40.3 Å². The third kappa shape index (κ3) is 3.02. The number of nitrogens with zero attached hydrogens (tertiary/aromatic N) is 3. The van der Waals surface area contributed by atoms with Gasteiger partial charge < -0.3 is 4.74 Å². The van der Waals surface area contributed by atoms with Crippen molar-refractivity contribution in [2.45, 2.75) is 19.6 Å². The van der Waals surface area contributed by atoms with Crippen LogP contribution in [-0.4, -0.2) is 33.3 Å². The first-order valence-electron chi connectivity index (χ1n) is 7.82. The SMILES string of the molecule is COc1ccc(-c2nc(=S)n(CN3CCc4sccc4C3)[nH]2)cc1. The molecule has 3 aromatic rings. The monoisotopic (exact) mass is 358 g/mol. The van der Waals surface area contributed by atoms with Crippen LogP contribution in [0.25, 0.3) is 11.4 Å². The minimum absolute atomic E-state index is 0.580. The summed E-state index contributed by atoms with van der Waals surface area (Å²) in [6.45, 7) is 2.75. The fourth-order valence-electron chi connectivity index (χ4n) is 2.96. The van der Waals surface area contributed by atoms with Crippen LogP contribution in [0.15, 0.2) is 35.7 Å². The second-order valence-corrected chi connectivity index (χ2v) is 7.19. The van der Waals surface area contributed by atoms with E-state index in [1.165, 1.54) is 10.4 Å². The Hall–Kier alpha value is -1.96. The van der Waals surface area contributed by atoms with Gasteiger partial charge >= 0.3 is 0 Å². The van der Waals surface area contributed by atoms with Crippen molar-refractivity contribution in [3.8, 4) is 17.1 Å². The normalized spacial score (nSPS) is 14.5. The molecule has 0 atom stereocenters. The Bertz CT molecular complexity index is 894. The summed E-state index contributed by atoms with van der Waals surface area (Å²) < 4.78 is 7.71. The zero-order chi connectivity index (χ0) is 16.5. The number of benzene rings is 1. The number of aromatic nitrogens is 3. The van der Waals surface area contributed by atoms with E-state index >= 15 is 0 Å². The summed E-state index contributed by atoms with van der Waals surface area (Å²) in [6.07, 6.45) is 1.11. The average Bonchev–Trinajstić information content (AvgIpc) is 3.21. The summed E-state index contributed by atoms with van der Waals surface area (Å²) in [4.78, 5) is 8.40. The van der Waals surface area contributed by atoms with Gasteiger partial charge in [-0.15, -0.1) is 11.3 Å². The molecule has 0 saturated carbocycles. The largest absolute Gasteiger partial charge is 0.497 e. The molecular weight excluding hydrogens is 340 g/mol. The quantitative estimate of drug-likeness (QED) is 0.723. The molecule has 0 bridgehead atoms. The molecule has 1 N–H and O–H groups in total. The number of nitrogens with one attached hydrogen (secondary N) is 1. The molecule has 24 heavy (non-hydrogen) atoms. The van der Waals surface area contributed by atoms with Gasteiger partial charge in [0.15, 0.2) is 5.82 Å². The number of thiophene rings is 1. The molecule has 0 radical (unpaired) electrons. The maximum atomic E-state index is 5.42. The molecule has 0 aliphatic carbocycles. The van der Waals surface area contributed by atoms with E-state index in [9.17, 15) is 0 Å². The molecular formula is C17H18N4OS2. The van der Waals surface area contributed by atoms with Crippen molar-refractivity contribution in [1.82, 2.24) is 19.7 Å². The third-order valence-corrected chi connectivity index (χ3v) is 5.61. The van der Waals surface area contributed by atoms with Gasteiger partial charge in [-0.3, -0.25) is 10.00 Å². The van der Waals surface area contributed by atoms with Crippen LogP contribution < -0.4 is 4.74 Å². The van der Waals surface area contributed by atoms with Gasteiger partial charge in [-0.25, -0.2) is 4.68 Å². The van der Waals surface area contributed by atoms with Crippen LogP contribution in [-0.2, 0) is 19.6 Å². The van der Waals surface area contributed by atoms with Crippen LogP contribution in [0.4, 0.5) is 0 Å². The van der Waals surface area contributed by atoms with Crippen LogP contribution in [0.1, 0.15) is 10.4 Å². The Morgan fingerprint density at radius 2 is 2.12 bits per heavy atom. The van der Waals surface area contributed by atoms with Gasteiger partial charge in [0.2, 0.25) is 4.77 Å². The minimum Gasteiger partial charge on any atom is -0.497 e. The van der Waals surface area contributed by atoms with Crippen molar-refractivity contribution >= 4 is 23.6 Å². The van der Waals surface area contributed by atoms with E-state index in [2.05, 4.69) is 26.4 Å². The predicted octanol–water partition coefficient (Wildman–Crippen LogP) is 3.69. The topological polar surface area (TPSA) is 46.1 Å². The van der Waals surface area contributed by atoms with E-state index in [-0.39, 0.29) is 0 Å². The van der Waals surface area contributed by atoms with Crippen LogP contribution in [0.5, 0.6) is 5.75 Å². The molecule has 3 heterocycles. The first-order valence-corrected chi connectivity index (χ1v) is 9.10. The highest BCUT2D eigenvalue weighted by Crippen LogP contribution is 2.24. The Kier molecular flexibility index (Phi) is 4.22. The summed E-state index contributed by atoms with van der Waals surface area (Å²) in [5.41, 5.74) is 2.44. The smallest absolute Gasteiger partial charge is 0.217 e. The van der Waals surface area contributed by atoms with E-state index in [1.54, 1.807) is 7.11 Å². The summed E-state index contributed by atoms with van der Waals surface area (Å²) in [5.74, 6) is 1.62. The Morgan fingerprint density at radius 3 is 2.92 bits per heavy atom. The number of H-pyrrole nitrogens is 1. The zero-order valence-electron chi connectivity index (χ0n) is 13.4. The van der Waals surface area contributed by atoms with Gasteiger partial charge in [-0.05, 0) is 59.9 Å². The summed E-state index contributed by atoms with van der Waals surface area (Å²) in [5, 5.41) is 5.50. The number of hydrogen-bond donors (Lipinski definition) is 1. The Balaban J connectivity index is 1.52. The number of methoxy groups -OCH3 is 1. The molecule has 1 aliphatic heterocycles. The highest BCUT2D eigenvalue weighted by atomic mass is 32.1. The van der Waals surface area contributed by atoms with Crippen molar-refractivity contribution < 1.29 is 4.74 Å². The fourth-order valence-corrected chi connectivity index (χ4v) is 4.04. The Labute approximate surface area is 149 Å². The molecule has 0 spiro atoms. The van der Waals surface area contributed by atoms with Crippen molar-refractivity contribution in [2.75, 3.05) is 13.7 Å². The molecule has 1 aromatic carbocycles. The first-order chi connectivity index (χ1) is 11.7. The van der Waals surface area contributed by atoms with Crippen molar-refractivity contribution in [1.29, 1.82) is 0 Å². The summed E-state index contributed by atoms with van der Waals surface area (Å²) in [7, 11) is 1.66. The van der Waals surface area contributed by atoms with Gasteiger partial charge in [0.1, 0.15) is 5.75 Å². The highest BCUT2D eigenvalue weighted by molar-refractivity contribution is 7.71. The van der Waals surface area contributed by atoms with E-state index in [0.29, 0.717) is 4.77 Å². The molecule has 5 nitrogen and oxygen atoms in total. The molecule has 0 saturated heterocycles. The van der Waals surface area contributed by atoms with E-state index < -0.39 is 0 Å². The molecule has 4 rings (SSSR count). The Morgan fingerprint density at radius 1 is 1.29 bits per heavy atom. The van der Waals surface area contributed by atoms with Gasteiger partial charge in [0.25, 0.3) is 0 Å². The predicted molar refractivity (Wildman–Crippen MR) is 97.8 cm³/mol. The van der Waals surface area contributed by atoms with Crippen LogP contribution >= 0.6 is 23.6 Å². The maximum Gasteiger partial charge on any atom is 0.217 e. The van der Waals surface area contributed by atoms with Gasteiger partial charge in [0.05, 0.1) is 13.8 Å². The number of aromatic amines is 1. The lowest BCUT2D eigenvalue weighted by Gasteiger charge is -2.26. The third-order valence-electron chi connectivity index (χ3n) is 4.27. The molecule has 2 aromatic heterocycles. The van der Waals surface area contributed by atoms with Gasteiger partial charge in [-0.2, -0.15) is 4.98 Å². The lowest BCUT2D eigenvalue weighted by Crippen LogP contribution is -2.32. The second-order valence-electron chi connectivity index (χ2n) is 5.82. The molecule has 0 fully saturated rings. The maximum absolute atomic E-state index is 5.42. The summed E-state index contributed by atoms with van der Waals surface area (Å²) in [6, 6.07) is 10.0. The van der Waals surface area contributed by atoms with E-state index in [0.717, 1.165) is 43.3 Å². The van der Waals surface area contributed by atoms with Gasteiger partial charge in [-0.1, -0.05) is 0 Å². The molecule has 0 unspecified atom stereocenters. The fraction of sp³-hybridized carbons (Fsp3) is 0.294. The first kappa shape index (κ1) is 15.6. The van der Waals surface area contributed by atoms with Crippen LogP contribution in [0.3, 0.4) is 0 Å². The number of hydrogen-bond acceptors (Lipinski definition) is 5. The average molecular weight is 358 g/mol. The second kappa shape index (κ2) is 6.51. The van der Waals surface area contributed by atoms with E-state index in [4.69, 9.17) is 17.0 Å². The lowest BCUT2D eigenvalue weighted by atomic mass is 10.1. The minimum atomic E-state index is 0.580. The number of ether oxygens (including phenoxy) is 1. The van der Waals surface area contributed by atoms with Crippen LogP contribution in [0.2, 0.25) is 0 Å². The standard InChI is InChI=1S/C17H18N4OS2/c1-22-14-4-2-12(3-5-14)16-18-17(23)21(19-16)11-20-8-6-15-13(10-20)7-9-24-15/h2-5,7,9H,6,8,10-11H2,1H3,(H,18,19,23). The van der Waals surface area contributed by atoms with Crippen molar-refractivity contribution in [3.63, 3.8) is 0 Å². The van der Waals surface area contributed by atoms with Crippen molar-refractivity contribution in [2.24, 2.45) is 0 Å². The van der Waals surface area contributed by atoms with Crippen LogP contribution in [0, 0.1) is 4.77 Å². The summed E-state index contributed by atoms with van der Waals surface area (Å²) >= 11 is 7.28. The number of fused-ring (bicyclic) bond motifs is 1. The number of rotatable bonds is 4. The molecule has 0 amide bonds. The molecule has 7 heteroatoms. The highest BCUT2D eigenvalue weighted by Gasteiger charge is 2.18.